The molecule has 2 aromatic heterocycles. The summed E-state index contributed by atoms with van der Waals surface area (Å²) in [6.07, 6.45) is 2.81. The Kier molecular flexibility index (Phi) is 5.37. The molecule has 2 aromatic rings. The molecule has 0 bridgehead atoms. The molecule has 130 valence electrons. The Labute approximate surface area is 151 Å². The molecule has 0 spiro atoms. The van der Waals surface area contributed by atoms with Crippen LogP contribution < -0.4 is 5.32 Å². The zero-order chi connectivity index (χ0) is 17.2. The third kappa shape index (κ3) is 4.05. The third-order valence-corrected chi connectivity index (χ3v) is 6.81. The number of nitrogens with one attached hydrogen (secondary N) is 1. The minimum atomic E-state index is 0.0628. The number of carbonyl (C=O) groups excluding carboxylic acids is 1. The van der Waals surface area contributed by atoms with Crippen LogP contribution in [-0.4, -0.2) is 42.0 Å². The molecule has 3 heterocycles. The topological polar surface area (TPSA) is 45.2 Å². The average molecular weight is 364 g/mol. The number of likely N-dealkylation sites (N-methyl/N-ethyl adjacent to an activating group) is 1. The first-order valence-electron chi connectivity index (χ1n) is 8.41. The number of thiophene rings is 1. The lowest BCUT2D eigenvalue weighted by Crippen LogP contribution is -2.53. The van der Waals surface area contributed by atoms with E-state index in [1.807, 2.05) is 16.8 Å². The predicted molar refractivity (Wildman–Crippen MR) is 102 cm³/mol. The van der Waals surface area contributed by atoms with Gasteiger partial charge in [-0.15, -0.1) is 22.7 Å². The molecule has 1 aliphatic heterocycles. The molecule has 1 atom stereocenters. The molecule has 1 amide bonds. The number of piperidine rings is 1. The number of hydrogen-bond donors (Lipinski definition) is 1. The van der Waals surface area contributed by atoms with E-state index in [9.17, 15) is 4.79 Å². The van der Waals surface area contributed by atoms with Gasteiger partial charge in [-0.3, -0.25) is 4.79 Å². The summed E-state index contributed by atoms with van der Waals surface area (Å²) in [6.45, 7) is 6.42. The van der Waals surface area contributed by atoms with Gasteiger partial charge in [-0.05, 0) is 43.3 Å². The quantitative estimate of drug-likeness (QED) is 0.882. The summed E-state index contributed by atoms with van der Waals surface area (Å²) in [6, 6.07) is 4.48. The van der Waals surface area contributed by atoms with E-state index in [4.69, 9.17) is 0 Å². The molecule has 1 fully saturated rings. The standard InChI is InChI=1S/C18H25N3OS2/c1-18(2)7-5-8-21(3)15(18)11-19-16(22)10-13-12-24-17(20-13)14-6-4-9-23-14/h4,6,9,12,15H,5,7-8,10-11H2,1-3H3,(H,19,22)/t15-/m1/s1. The van der Waals surface area contributed by atoms with Crippen LogP contribution in [0.4, 0.5) is 0 Å². The highest BCUT2D eigenvalue weighted by atomic mass is 32.1. The Balaban J connectivity index is 1.54. The van der Waals surface area contributed by atoms with E-state index in [0.717, 1.165) is 22.1 Å². The summed E-state index contributed by atoms with van der Waals surface area (Å²) in [5, 5.41) is 8.16. The summed E-state index contributed by atoms with van der Waals surface area (Å²) in [5.74, 6) is 0.0628. The van der Waals surface area contributed by atoms with Crippen LogP contribution >= 0.6 is 22.7 Å². The highest BCUT2D eigenvalue weighted by Gasteiger charge is 2.35. The van der Waals surface area contributed by atoms with Crippen molar-refractivity contribution in [3.05, 3.63) is 28.6 Å². The van der Waals surface area contributed by atoms with Crippen LogP contribution in [0.25, 0.3) is 9.88 Å². The Morgan fingerprint density at radius 2 is 2.29 bits per heavy atom. The number of nitrogens with zero attached hydrogens (tertiary/aromatic N) is 2. The lowest BCUT2D eigenvalue weighted by molar-refractivity contribution is -0.121. The molecule has 1 saturated heterocycles. The van der Waals surface area contributed by atoms with E-state index in [0.29, 0.717) is 19.0 Å². The smallest absolute Gasteiger partial charge is 0.226 e. The average Bonchev–Trinajstić information content (AvgIpc) is 3.16. The summed E-state index contributed by atoms with van der Waals surface area (Å²) < 4.78 is 0. The van der Waals surface area contributed by atoms with Crippen LogP contribution in [0.5, 0.6) is 0 Å². The zero-order valence-electron chi connectivity index (χ0n) is 14.5. The molecular formula is C18H25N3OS2. The van der Waals surface area contributed by atoms with Gasteiger partial charge in [-0.25, -0.2) is 4.98 Å². The van der Waals surface area contributed by atoms with Gasteiger partial charge in [0.25, 0.3) is 0 Å². The van der Waals surface area contributed by atoms with Crippen molar-refractivity contribution in [2.75, 3.05) is 20.1 Å². The number of carbonyl (C=O) groups is 1. The van der Waals surface area contributed by atoms with Crippen molar-refractivity contribution >= 4 is 28.6 Å². The molecule has 3 rings (SSSR count). The first-order chi connectivity index (χ1) is 11.5. The minimum absolute atomic E-state index is 0.0628. The van der Waals surface area contributed by atoms with Crippen molar-refractivity contribution in [1.82, 2.24) is 15.2 Å². The van der Waals surface area contributed by atoms with Gasteiger partial charge in [0, 0.05) is 18.0 Å². The SMILES string of the molecule is CN1CCCC(C)(C)[C@H]1CNC(=O)Cc1csc(-c2cccs2)n1. The summed E-state index contributed by atoms with van der Waals surface area (Å²) >= 11 is 3.29. The molecule has 0 unspecified atom stereocenters. The third-order valence-electron chi connectivity index (χ3n) is 4.88. The monoisotopic (exact) mass is 363 g/mol. The number of aromatic nitrogens is 1. The van der Waals surface area contributed by atoms with Crippen molar-refractivity contribution < 1.29 is 4.79 Å². The van der Waals surface area contributed by atoms with Crippen LogP contribution in [-0.2, 0) is 11.2 Å². The first kappa shape index (κ1) is 17.6. The second-order valence-electron chi connectivity index (χ2n) is 7.19. The molecule has 0 saturated carbocycles. The maximum Gasteiger partial charge on any atom is 0.226 e. The lowest BCUT2D eigenvalue weighted by atomic mass is 9.76. The van der Waals surface area contributed by atoms with Gasteiger partial charge in [-0.1, -0.05) is 19.9 Å². The number of rotatable bonds is 5. The highest BCUT2D eigenvalue weighted by Crippen LogP contribution is 2.34. The molecule has 4 nitrogen and oxygen atoms in total. The fourth-order valence-corrected chi connectivity index (χ4v) is 5.11. The molecule has 0 aliphatic carbocycles. The Morgan fingerprint density at radius 3 is 3.00 bits per heavy atom. The van der Waals surface area contributed by atoms with Crippen LogP contribution in [0.2, 0.25) is 0 Å². The lowest BCUT2D eigenvalue weighted by Gasteiger charge is -2.45. The van der Waals surface area contributed by atoms with Gasteiger partial charge in [0.2, 0.25) is 5.91 Å². The first-order valence-corrected chi connectivity index (χ1v) is 10.2. The van der Waals surface area contributed by atoms with Crippen molar-refractivity contribution in [2.24, 2.45) is 5.41 Å². The van der Waals surface area contributed by atoms with Crippen molar-refractivity contribution in [1.29, 1.82) is 0 Å². The fraction of sp³-hybridized carbons (Fsp3) is 0.556. The van der Waals surface area contributed by atoms with Crippen molar-refractivity contribution in [3.63, 3.8) is 0 Å². The molecular weight excluding hydrogens is 338 g/mol. The van der Waals surface area contributed by atoms with Crippen molar-refractivity contribution in [2.45, 2.75) is 39.2 Å². The number of thiazole rings is 1. The van der Waals surface area contributed by atoms with E-state index >= 15 is 0 Å². The molecule has 1 N–H and O–H groups in total. The molecule has 0 aromatic carbocycles. The van der Waals surface area contributed by atoms with Crippen LogP contribution in [0, 0.1) is 5.41 Å². The van der Waals surface area contributed by atoms with E-state index in [2.05, 4.69) is 42.2 Å². The predicted octanol–water partition coefficient (Wildman–Crippen LogP) is 3.65. The van der Waals surface area contributed by atoms with E-state index in [1.165, 1.54) is 12.8 Å². The Morgan fingerprint density at radius 1 is 1.46 bits per heavy atom. The summed E-state index contributed by atoms with van der Waals surface area (Å²) in [5.41, 5.74) is 1.10. The second kappa shape index (κ2) is 7.33. The van der Waals surface area contributed by atoms with Gasteiger partial charge in [0.05, 0.1) is 17.0 Å². The minimum Gasteiger partial charge on any atom is -0.354 e. The Bertz CT molecular complexity index is 678. The molecule has 6 heteroatoms. The summed E-state index contributed by atoms with van der Waals surface area (Å²) in [7, 11) is 2.16. The van der Waals surface area contributed by atoms with Gasteiger partial charge in [-0.2, -0.15) is 0 Å². The number of hydrogen-bond acceptors (Lipinski definition) is 5. The van der Waals surface area contributed by atoms with Gasteiger partial charge in [0.1, 0.15) is 5.01 Å². The normalized spacial score (nSPS) is 20.9. The van der Waals surface area contributed by atoms with E-state index in [1.54, 1.807) is 22.7 Å². The van der Waals surface area contributed by atoms with Gasteiger partial charge in [0.15, 0.2) is 0 Å². The molecule has 24 heavy (non-hydrogen) atoms. The maximum atomic E-state index is 12.3. The van der Waals surface area contributed by atoms with Gasteiger partial charge < -0.3 is 10.2 Å². The van der Waals surface area contributed by atoms with E-state index < -0.39 is 0 Å². The fourth-order valence-electron chi connectivity index (χ4n) is 3.47. The summed E-state index contributed by atoms with van der Waals surface area (Å²) in [4.78, 5) is 20.4. The molecule has 1 aliphatic rings. The van der Waals surface area contributed by atoms with Crippen LogP contribution in [0.15, 0.2) is 22.9 Å². The van der Waals surface area contributed by atoms with E-state index in [-0.39, 0.29) is 11.3 Å². The second-order valence-corrected chi connectivity index (χ2v) is 9.00. The number of amides is 1. The Hall–Kier alpha value is -1.24. The van der Waals surface area contributed by atoms with Gasteiger partial charge >= 0.3 is 0 Å². The molecule has 0 radical (unpaired) electrons. The maximum absolute atomic E-state index is 12.3. The zero-order valence-corrected chi connectivity index (χ0v) is 16.2. The largest absolute Gasteiger partial charge is 0.354 e. The highest BCUT2D eigenvalue weighted by molar-refractivity contribution is 7.20. The van der Waals surface area contributed by atoms with Crippen LogP contribution in [0.1, 0.15) is 32.4 Å². The van der Waals surface area contributed by atoms with Crippen molar-refractivity contribution in [3.8, 4) is 9.88 Å². The number of likely N-dealkylation sites (tertiary alicyclic amines) is 1. The van der Waals surface area contributed by atoms with Crippen LogP contribution in [0.3, 0.4) is 0 Å².